The molecule has 1 fully saturated rings. The van der Waals surface area contributed by atoms with E-state index in [2.05, 4.69) is 5.32 Å². The van der Waals surface area contributed by atoms with Crippen LogP contribution >= 0.6 is 0 Å². The van der Waals surface area contributed by atoms with Crippen LogP contribution < -0.4 is 14.8 Å². The fourth-order valence-electron chi connectivity index (χ4n) is 3.17. The minimum absolute atomic E-state index is 0.189. The van der Waals surface area contributed by atoms with Crippen molar-refractivity contribution in [1.82, 2.24) is 5.32 Å². The highest BCUT2D eigenvalue weighted by atomic mass is 16.5. The summed E-state index contributed by atoms with van der Waals surface area (Å²) in [5, 5.41) is 2.86. The van der Waals surface area contributed by atoms with Crippen LogP contribution in [0, 0.1) is 0 Å². The van der Waals surface area contributed by atoms with E-state index in [1.807, 2.05) is 38.1 Å². The number of ether oxygens (including phenoxy) is 3. The second kappa shape index (κ2) is 9.96. The number of nitrogens with one attached hydrogen (secondary N) is 1. The molecule has 1 amide bonds. The van der Waals surface area contributed by atoms with Gasteiger partial charge in [0, 0.05) is 0 Å². The van der Waals surface area contributed by atoms with E-state index in [1.165, 1.54) is 7.11 Å². The first-order valence-corrected chi connectivity index (χ1v) is 9.71. The lowest BCUT2D eigenvalue weighted by Crippen LogP contribution is -2.40. The molecular formula is C23H29NO5. The maximum absolute atomic E-state index is 13.1. The topological polar surface area (TPSA) is 73.9 Å². The van der Waals surface area contributed by atoms with E-state index in [4.69, 9.17) is 14.2 Å². The Morgan fingerprint density at radius 3 is 2.07 bits per heavy atom. The first-order valence-electron chi connectivity index (χ1n) is 9.71. The number of hydrogen-bond acceptors (Lipinski definition) is 5. The standard InChI is InChI=1S/C21H23NO5.C2H6/c1-25-16-9-7-15(8-10-16)21(11-12-21)20(24)22-18(19(23)27-3)14-5-4-6-17(13-14)26-2;1-2/h4-10,13,18H,11-12H2,1-3H3,(H,22,24);1-2H3. The lowest BCUT2D eigenvalue weighted by atomic mass is 9.94. The minimum Gasteiger partial charge on any atom is -0.497 e. The predicted molar refractivity (Wildman–Crippen MR) is 111 cm³/mol. The van der Waals surface area contributed by atoms with Crippen LogP contribution in [0.25, 0.3) is 0 Å². The van der Waals surface area contributed by atoms with Crippen molar-refractivity contribution in [2.75, 3.05) is 21.3 Å². The summed E-state index contributed by atoms with van der Waals surface area (Å²) in [5.41, 5.74) is 0.910. The van der Waals surface area contributed by atoms with Crippen molar-refractivity contribution < 1.29 is 23.8 Å². The molecule has 1 unspecified atom stereocenters. The Morgan fingerprint density at radius 1 is 0.931 bits per heavy atom. The van der Waals surface area contributed by atoms with Crippen LogP contribution in [-0.2, 0) is 19.7 Å². The van der Waals surface area contributed by atoms with Gasteiger partial charge in [0.25, 0.3) is 0 Å². The van der Waals surface area contributed by atoms with Gasteiger partial charge in [-0.25, -0.2) is 4.79 Å². The summed E-state index contributed by atoms with van der Waals surface area (Å²) >= 11 is 0. The molecule has 2 aromatic rings. The highest BCUT2D eigenvalue weighted by Crippen LogP contribution is 2.49. The van der Waals surface area contributed by atoms with Crippen molar-refractivity contribution >= 4 is 11.9 Å². The van der Waals surface area contributed by atoms with Crippen molar-refractivity contribution in [1.29, 1.82) is 0 Å². The zero-order valence-electron chi connectivity index (χ0n) is 17.7. The monoisotopic (exact) mass is 399 g/mol. The van der Waals surface area contributed by atoms with E-state index < -0.39 is 17.4 Å². The Labute approximate surface area is 172 Å². The molecule has 29 heavy (non-hydrogen) atoms. The van der Waals surface area contributed by atoms with E-state index in [0.717, 1.165) is 24.2 Å². The number of carbonyl (C=O) groups is 2. The molecule has 156 valence electrons. The summed E-state index contributed by atoms with van der Waals surface area (Å²) in [6.45, 7) is 4.00. The summed E-state index contributed by atoms with van der Waals surface area (Å²) in [5.74, 6) is 0.624. The van der Waals surface area contributed by atoms with Crippen molar-refractivity contribution in [2.45, 2.75) is 38.1 Å². The van der Waals surface area contributed by atoms with Gasteiger partial charge in [0.05, 0.1) is 26.7 Å². The first-order chi connectivity index (χ1) is 14.0. The van der Waals surface area contributed by atoms with E-state index in [9.17, 15) is 9.59 Å². The predicted octanol–water partition coefficient (Wildman–Crippen LogP) is 3.79. The fraction of sp³-hybridized carbons (Fsp3) is 0.391. The van der Waals surface area contributed by atoms with Gasteiger partial charge in [-0.3, -0.25) is 4.79 Å². The van der Waals surface area contributed by atoms with Gasteiger partial charge in [0.1, 0.15) is 11.5 Å². The molecule has 0 aliphatic heterocycles. The molecule has 6 heteroatoms. The Balaban J connectivity index is 0.00000145. The zero-order chi connectivity index (χ0) is 21.4. The Kier molecular flexibility index (Phi) is 7.65. The number of hydrogen-bond donors (Lipinski definition) is 1. The van der Waals surface area contributed by atoms with Gasteiger partial charge in [0.2, 0.25) is 5.91 Å². The van der Waals surface area contributed by atoms with Gasteiger partial charge in [-0.1, -0.05) is 38.1 Å². The second-order valence-electron chi connectivity index (χ2n) is 6.52. The quantitative estimate of drug-likeness (QED) is 0.717. The van der Waals surface area contributed by atoms with Crippen molar-refractivity contribution in [2.24, 2.45) is 0 Å². The van der Waals surface area contributed by atoms with E-state index in [-0.39, 0.29) is 5.91 Å². The van der Waals surface area contributed by atoms with Crippen LogP contribution in [0.4, 0.5) is 0 Å². The van der Waals surface area contributed by atoms with Gasteiger partial charge in [-0.05, 0) is 48.2 Å². The number of rotatable bonds is 7. The molecule has 0 bridgehead atoms. The van der Waals surface area contributed by atoms with Crippen LogP contribution in [-0.4, -0.2) is 33.2 Å². The number of carbonyl (C=O) groups excluding carboxylic acids is 2. The molecular weight excluding hydrogens is 370 g/mol. The molecule has 0 saturated heterocycles. The van der Waals surface area contributed by atoms with Crippen LogP contribution in [0.15, 0.2) is 48.5 Å². The summed E-state index contributed by atoms with van der Waals surface area (Å²) in [7, 11) is 4.45. The van der Waals surface area contributed by atoms with E-state index >= 15 is 0 Å². The molecule has 6 nitrogen and oxygen atoms in total. The molecule has 2 aromatic carbocycles. The molecule has 3 rings (SSSR count). The Hall–Kier alpha value is -3.02. The number of methoxy groups -OCH3 is 3. The van der Waals surface area contributed by atoms with Crippen molar-refractivity contribution in [3.63, 3.8) is 0 Å². The maximum atomic E-state index is 13.1. The van der Waals surface area contributed by atoms with Gasteiger partial charge < -0.3 is 19.5 Å². The third kappa shape index (κ3) is 4.88. The van der Waals surface area contributed by atoms with Gasteiger partial charge in [-0.15, -0.1) is 0 Å². The molecule has 1 atom stereocenters. The molecule has 0 radical (unpaired) electrons. The molecule has 1 saturated carbocycles. The average molecular weight is 399 g/mol. The Bertz CT molecular complexity index is 827. The SMILES string of the molecule is CC.COC(=O)C(NC(=O)C1(c2ccc(OC)cc2)CC1)c1cccc(OC)c1. The van der Waals surface area contributed by atoms with Crippen molar-refractivity contribution in [3.05, 3.63) is 59.7 Å². The number of amides is 1. The number of benzene rings is 2. The highest BCUT2D eigenvalue weighted by molar-refractivity contribution is 5.94. The van der Waals surface area contributed by atoms with Crippen LogP contribution in [0.1, 0.15) is 43.9 Å². The van der Waals surface area contributed by atoms with Crippen LogP contribution in [0.3, 0.4) is 0 Å². The maximum Gasteiger partial charge on any atom is 0.333 e. The summed E-state index contributed by atoms with van der Waals surface area (Å²) in [6.07, 6.45) is 1.47. The Morgan fingerprint density at radius 2 is 1.55 bits per heavy atom. The van der Waals surface area contributed by atoms with Gasteiger partial charge in [0.15, 0.2) is 6.04 Å². The first kappa shape index (κ1) is 22.3. The summed E-state index contributed by atoms with van der Waals surface area (Å²) in [6, 6.07) is 13.6. The smallest absolute Gasteiger partial charge is 0.333 e. The van der Waals surface area contributed by atoms with Crippen LogP contribution in [0.2, 0.25) is 0 Å². The molecule has 1 N–H and O–H groups in total. The molecule has 0 aromatic heterocycles. The lowest BCUT2D eigenvalue weighted by Gasteiger charge is -2.22. The molecule has 0 heterocycles. The third-order valence-electron chi connectivity index (χ3n) is 4.97. The third-order valence-corrected chi connectivity index (χ3v) is 4.97. The summed E-state index contributed by atoms with van der Waals surface area (Å²) < 4.78 is 15.3. The summed E-state index contributed by atoms with van der Waals surface area (Å²) in [4.78, 5) is 25.4. The lowest BCUT2D eigenvalue weighted by molar-refractivity contribution is -0.145. The minimum atomic E-state index is -0.895. The van der Waals surface area contributed by atoms with Crippen molar-refractivity contribution in [3.8, 4) is 11.5 Å². The molecule has 1 aliphatic rings. The highest BCUT2D eigenvalue weighted by Gasteiger charge is 2.52. The number of esters is 1. The molecule has 0 spiro atoms. The largest absolute Gasteiger partial charge is 0.497 e. The normalized spacial score (nSPS) is 14.5. The van der Waals surface area contributed by atoms with Crippen LogP contribution in [0.5, 0.6) is 11.5 Å². The second-order valence-corrected chi connectivity index (χ2v) is 6.52. The van der Waals surface area contributed by atoms with E-state index in [0.29, 0.717) is 11.3 Å². The van der Waals surface area contributed by atoms with Gasteiger partial charge >= 0.3 is 5.97 Å². The zero-order valence-corrected chi connectivity index (χ0v) is 17.7. The van der Waals surface area contributed by atoms with E-state index in [1.54, 1.807) is 38.5 Å². The fourth-order valence-corrected chi connectivity index (χ4v) is 3.17. The average Bonchev–Trinajstić information content (AvgIpc) is 3.60. The molecule has 1 aliphatic carbocycles. The van der Waals surface area contributed by atoms with Gasteiger partial charge in [-0.2, -0.15) is 0 Å².